The van der Waals surface area contributed by atoms with E-state index in [1.165, 1.54) is 12.1 Å². The van der Waals surface area contributed by atoms with Crippen LogP contribution in [0.5, 0.6) is 0 Å². The van der Waals surface area contributed by atoms with Gasteiger partial charge in [0.25, 0.3) is 0 Å². The first-order valence-corrected chi connectivity index (χ1v) is 7.51. The molecule has 3 nitrogen and oxygen atoms in total. The third-order valence-corrected chi connectivity index (χ3v) is 4.12. The van der Waals surface area contributed by atoms with Gasteiger partial charge in [-0.1, -0.05) is 6.07 Å². The molecule has 0 fully saturated rings. The first-order chi connectivity index (χ1) is 10.1. The molecule has 0 aliphatic carbocycles. The summed E-state index contributed by atoms with van der Waals surface area (Å²) >= 11 is 1.60. The van der Waals surface area contributed by atoms with Crippen LogP contribution in [0, 0.1) is 19.7 Å². The Labute approximate surface area is 126 Å². The van der Waals surface area contributed by atoms with Crippen molar-refractivity contribution in [2.75, 3.05) is 5.32 Å². The quantitative estimate of drug-likeness (QED) is 0.754. The summed E-state index contributed by atoms with van der Waals surface area (Å²) in [5.41, 5.74) is 2.63. The monoisotopic (exact) mass is 302 g/mol. The van der Waals surface area contributed by atoms with Gasteiger partial charge in [-0.3, -0.25) is 0 Å². The summed E-state index contributed by atoms with van der Waals surface area (Å²) in [4.78, 5) is 5.54. The van der Waals surface area contributed by atoms with Gasteiger partial charge in [-0.25, -0.2) is 9.37 Å². The summed E-state index contributed by atoms with van der Waals surface area (Å²) in [6.07, 6.45) is 0. The van der Waals surface area contributed by atoms with Crippen molar-refractivity contribution in [3.8, 4) is 10.8 Å². The molecule has 0 saturated carbocycles. The Morgan fingerprint density at radius 1 is 1.29 bits per heavy atom. The lowest BCUT2D eigenvalue weighted by Crippen LogP contribution is -2.02. The fourth-order valence-electron chi connectivity index (χ4n) is 2.10. The number of benzene rings is 1. The molecule has 0 aliphatic heterocycles. The lowest BCUT2D eigenvalue weighted by atomic mass is 10.2. The number of hydrogen-bond donors (Lipinski definition) is 1. The molecule has 5 heteroatoms. The van der Waals surface area contributed by atoms with Crippen LogP contribution in [-0.2, 0) is 6.54 Å². The second kappa shape index (κ2) is 5.69. The predicted octanol–water partition coefficient (Wildman–Crippen LogP) is 4.77. The minimum atomic E-state index is -0.226. The summed E-state index contributed by atoms with van der Waals surface area (Å²) < 4.78 is 18.8. The van der Waals surface area contributed by atoms with Crippen LogP contribution in [0.25, 0.3) is 10.8 Å². The molecule has 0 spiro atoms. The molecule has 0 bridgehead atoms. The average molecular weight is 302 g/mol. The molecule has 1 aromatic carbocycles. The molecule has 1 N–H and O–H groups in total. The molecule has 0 atom stereocenters. The number of nitrogens with zero attached hydrogens (tertiary/aromatic N) is 1. The molecule has 2 aromatic heterocycles. The molecular formula is C16H15FN2OS. The fraction of sp³-hybridized carbons (Fsp3) is 0.188. The Bertz CT molecular complexity index is 750. The molecule has 0 amide bonds. The highest BCUT2D eigenvalue weighted by atomic mass is 32.1. The second-order valence-corrected chi connectivity index (χ2v) is 5.76. The highest BCUT2D eigenvalue weighted by Gasteiger charge is 2.12. The van der Waals surface area contributed by atoms with E-state index in [4.69, 9.17) is 4.42 Å². The lowest BCUT2D eigenvalue weighted by molar-refractivity contribution is 0.541. The van der Waals surface area contributed by atoms with Gasteiger partial charge in [0.1, 0.15) is 17.3 Å². The Morgan fingerprint density at radius 2 is 2.14 bits per heavy atom. The maximum Gasteiger partial charge on any atom is 0.236 e. The van der Waals surface area contributed by atoms with Crippen LogP contribution in [0.1, 0.15) is 17.0 Å². The SMILES string of the molecule is Cc1cc(F)ccc1NCc1nc(-c2cccs2)oc1C. The van der Waals surface area contributed by atoms with Crippen molar-refractivity contribution in [1.29, 1.82) is 0 Å². The van der Waals surface area contributed by atoms with Gasteiger partial charge in [-0.2, -0.15) is 0 Å². The number of aryl methyl sites for hydroxylation is 2. The van der Waals surface area contributed by atoms with Crippen LogP contribution in [0.2, 0.25) is 0 Å². The van der Waals surface area contributed by atoms with Gasteiger partial charge in [0.15, 0.2) is 0 Å². The van der Waals surface area contributed by atoms with Crippen molar-refractivity contribution in [3.05, 3.63) is 58.5 Å². The number of nitrogens with one attached hydrogen (secondary N) is 1. The molecule has 3 rings (SSSR count). The van der Waals surface area contributed by atoms with Crippen LogP contribution in [0.3, 0.4) is 0 Å². The van der Waals surface area contributed by atoms with E-state index in [0.717, 1.165) is 27.6 Å². The number of hydrogen-bond acceptors (Lipinski definition) is 4. The maximum absolute atomic E-state index is 13.1. The molecule has 108 valence electrons. The highest BCUT2D eigenvalue weighted by Crippen LogP contribution is 2.26. The topological polar surface area (TPSA) is 38.1 Å². The minimum absolute atomic E-state index is 0.226. The van der Waals surface area contributed by atoms with Crippen molar-refractivity contribution in [1.82, 2.24) is 4.98 Å². The normalized spacial score (nSPS) is 10.8. The standard InChI is InChI=1S/C16H15FN2OS/c1-10-8-12(17)5-6-13(10)18-9-14-11(2)20-16(19-14)15-4-3-7-21-15/h3-8,18H,9H2,1-2H3. The van der Waals surface area contributed by atoms with Crippen LogP contribution < -0.4 is 5.32 Å². The van der Waals surface area contributed by atoms with Gasteiger partial charge >= 0.3 is 0 Å². The molecule has 0 saturated heterocycles. The van der Waals surface area contributed by atoms with Gasteiger partial charge in [-0.05, 0) is 49.1 Å². The molecule has 3 aromatic rings. The van der Waals surface area contributed by atoms with E-state index in [1.807, 2.05) is 31.4 Å². The maximum atomic E-state index is 13.1. The zero-order valence-electron chi connectivity index (χ0n) is 11.8. The second-order valence-electron chi connectivity index (χ2n) is 4.81. The van der Waals surface area contributed by atoms with Crippen molar-refractivity contribution >= 4 is 17.0 Å². The summed E-state index contributed by atoms with van der Waals surface area (Å²) in [5, 5.41) is 5.26. The molecular weight excluding hydrogens is 287 g/mol. The highest BCUT2D eigenvalue weighted by molar-refractivity contribution is 7.13. The average Bonchev–Trinajstić information content (AvgIpc) is 3.07. The van der Waals surface area contributed by atoms with Gasteiger partial charge in [0.2, 0.25) is 5.89 Å². The third kappa shape index (κ3) is 2.97. The summed E-state index contributed by atoms with van der Waals surface area (Å²) in [6.45, 7) is 4.32. The number of oxazole rings is 1. The number of aromatic nitrogens is 1. The Hall–Kier alpha value is -2.14. The van der Waals surface area contributed by atoms with Crippen molar-refractivity contribution < 1.29 is 8.81 Å². The lowest BCUT2D eigenvalue weighted by Gasteiger charge is -2.08. The molecule has 0 aliphatic rings. The number of anilines is 1. The van der Waals surface area contributed by atoms with E-state index >= 15 is 0 Å². The summed E-state index contributed by atoms with van der Waals surface area (Å²) in [5.74, 6) is 1.22. The Balaban J connectivity index is 1.76. The predicted molar refractivity (Wildman–Crippen MR) is 83.0 cm³/mol. The van der Waals surface area contributed by atoms with Gasteiger partial charge < -0.3 is 9.73 Å². The van der Waals surface area contributed by atoms with Crippen LogP contribution in [-0.4, -0.2) is 4.98 Å². The van der Waals surface area contributed by atoms with Gasteiger partial charge in [0.05, 0.1) is 11.4 Å². The van der Waals surface area contributed by atoms with Gasteiger partial charge in [-0.15, -0.1) is 11.3 Å². The molecule has 21 heavy (non-hydrogen) atoms. The number of halogens is 1. The largest absolute Gasteiger partial charge is 0.440 e. The van der Waals surface area contributed by atoms with Crippen molar-refractivity contribution in [2.24, 2.45) is 0 Å². The zero-order chi connectivity index (χ0) is 14.8. The van der Waals surface area contributed by atoms with Crippen LogP contribution in [0.15, 0.2) is 40.1 Å². The number of rotatable bonds is 4. The molecule has 0 unspecified atom stereocenters. The molecule has 0 radical (unpaired) electrons. The van der Waals surface area contributed by atoms with E-state index in [9.17, 15) is 4.39 Å². The Kier molecular flexibility index (Phi) is 3.75. The van der Waals surface area contributed by atoms with Crippen LogP contribution in [0.4, 0.5) is 10.1 Å². The van der Waals surface area contributed by atoms with E-state index in [0.29, 0.717) is 12.4 Å². The molecule has 2 heterocycles. The van der Waals surface area contributed by atoms with E-state index < -0.39 is 0 Å². The first kappa shape index (κ1) is 13.8. The van der Waals surface area contributed by atoms with Crippen LogP contribution >= 0.6 is 11.3 Å². The smallest absolute Gasteiger partial charge is 0.236 e. The fourth-order valence-corrected chi connectivity index (χ4v) is 2.75. The van der Waals surface area contributed by atoms with Crippen molar-refractivity contribution in [2.45, 2.75) is 20.4 Å². The summed E-state index contributed by atoms with van der Waals surface area (Å²) in [7, 11) is 0. The minimum Gasteiger partial charge on any atom is -0.440 e. The van der Waals surface area contributed by atoms with Gasteiger partial charge in [0, 0.05) is 5.69 Å². The first-order valence-electron chi connectivity index (χ1n) is 6.63. The van der Waals surface area contributed by atoms with E-state index in [-0.39, 0.29) is 5.82 Å². The third-order valence-electron chi connectivity index (χ3n) is 3.26. The summed E-state index contributed by atoms with van der Waals surface area (Å²) in [6, 6.07) is 8.65. The van der Waals surface area contributed by atoms with E-state index in [1.54, 1.807) is 17.4 Å². The number of thiophene rings is 1. The van der Waals surface area contributed by atoms with Crippen molar-refractivity contribution in [3.63, 3.8) is 0 Å². The zero-order valence-corrected chi connectivity index (χ0v) is 12.6. The van der Waals surface area contributed by atoms with E-state index in [2.05, 4.69) is 10.3 Å². The Morgan fingerprint density at radius 3 is 2.86 bits per heavy atom.